The minimum Gasteiger partial charge on any atom is -0.455 e. The lowest BCUT2D eigenvalue weighted by atomic mass is 9.99. The Kier molecular flexibility index (Phi) is 5.03. The van der Waals surface area contributed by atoms with Crippen molar-refractivity contribution in [2.45, 2.75) is 44.1 Å². The molecule has 94 valence electrons. The van der Waals surface area contributed by atoms with Gasteiger partial charge < -0.3 is 29.9 Å². The molecule has 0 radical (unpaired) electrons. The minimum atomic E-state index is -1.43. The van der Waals surface area contributed by atoms with E-state index in [1.54, 1.807) is 6.92 Å². The molecule has 0 aliphatic carbocycles. The van der Waals surface area contributed by atoms with Gasteiger partial charge in [-0.1, -0.05) is 6.92 Å². The van der Waals surface area contributed by atoms with Crippen molar-refractivity contribution in [3.63, 3.8) is 0 Å². The van der Waals surface area contributed by atoms with E-state index in [-0.39, 0.29) is 5.05 Å². The van der Waals surface area contributed by atoms with Gasteiger partial charge in [0.1, 0.15) is 24.4 Å². The van der Waals surface area contributed by atoms with Crippen LogP contribution < -0.4 is 0 Å². The highest BCUT2D eigenvalue weighted by atomic mass is 32.1. The lowest BCUT2D eigenvalue weighted by Crippen LogP contribution is -2.59. The van der Waals surface area contributed by atoms with Crippen molar-refractivity contribution in [2.24, 2.45) is 0 Å². The quantitative estimate of drug-likeness (QED) is 0.456. The normalized spacial score (nSPS) is 39.4. The van der Waals surface area contributed by atoms with E-state index in [0.29, 0.717) is 6.42 Å². The number of aliphatic hydroxyl groups excluding tert-OH is 4. The van der Waals surface area contributed by atoms with Crippen LogP contribution in [0.15, 0.2) is 0 Å². The molecular weight excluding hydrogens is 236 g/mol. The molecule has 1 fully saturated rings. The maximum atomic E-state index is 9.56. The Balaban J connectivity index is 2.67. The molecule has 0 spiro atoms. The van der Waals surface area contributed by atoms with Crippen LogP contribution in [0.25, 0.3) is 0 Å². The molecule has 0 aromatic heterocycles. The Hall–Kier alpha value is -0.310. The van der Waals surface area contributed by atoms with Crippen LogP contribution in [0.1, 0.15) is 13.3 Å². The van der Waals surface area contributed by atoms with Crippen molar-refractivity contribution in [1.82, 2.24) is 0 Å². The number of aliphatic hydroxyl groups is 4. The van der Waals surface area contributed by atoms with E-state index in [1.165, 1.54) is 0 Å². The van der Waals surface area contributed by atoms with Gasteiger partial charge in [0, 0.05) is 6.42 Å². The zero-order chi connectivity index (χ0) is 12.3. The van der Waals surface area contributed by atoms with E-state index in [0.717, 1.165) is 0 Å². The van der Waals surface area contributed by atoms with Crippen LogP contribution in [-0.4, -0.2) is 62.8 Å². The van der Waals surface area contributed by atoms with Crippen LogP contribution in [0.2, 0.25) is 0 Å². The van der Waals surface area contributed by atoms with Gasteiger partial charge in [-0.2, -0.15) is 0 Å². The van der Waals surface area contributed by atoms with E-state index in [9.17, 15) is 15.3 Å². The molecule has 1 aliphatic heterocycles. The second-order valence-corrected chi connectivity index (χ2v) is 4.00. The van der Waals surface area contributed by atoms with Gasteiger partial charge in [0.2, 0.25) is 6.29 Å². The fourth-order valence-corrected chi connectivity index (χ4v) is 1.47. The van der Waals surface area contributed by atoms with Crippen molar-refractivity contribution in [3.05, 3.63) is 0 Å². The van der Waals surface area contributed by atoms with Crippen LogP contribution in [0.5, 0.6) is 0 Å². The molecular formula is C9H16O6S. The summed E-state index contributed by atoms with van der Waals surface area (Å²) in [6.45, 7) is 1.29. The Morgan fingerprint density at radius 1 is 1.25 bits per heavy atom. The van der Waals surface area contributed by atoms with Crippen LogP contribution in [0.3, 0.4) is 0 Å². The van der Waals surface area contributed by atoms with Crippen molar-refractivity contribution >= 4 is 17.3 Å². The highest BCUT2D eigenvalue weighted by Crippen LogP contribution is 2.22. The van der Waals surface area contributed by atoms with Gasteiger partial charge in [0.05, 0.1) is 6.61 Å². The first kappa shape index (κ1) is 13.8. The summed E-state index contributed by atoms with van der Waals surface area (Å²) in [7, 11) is 0. The van der Waals surface area contributed by atoms with Crippen LogP contribution in [0.4, 0.5) is 0 Å². The van der Waals surface area contributed by atoms with Crippen LogP contribution in [0, 0.1) is 0 Å². The van der Waals surface area contributed by atoms with E-state index in [1.807, 2.05) is 0 Å². The number of rotatable bonds is 3. The molecule has 0 aromatic carbocycles. The Bertz CT molecular complexity index is 246. The van der Waals surface area contributed by atoms with Crippen LogP contribution in [-0.2, 0) is 9.47 Å². The fourth-order valence-electron chi connectivity index (χ4n) is 1.38. The molecule has 6 nitrogen and oxygen atoms in total. The molecule has 16 heavy (non-hydrogen) atoms. The molecule has 0 amide bonds. The number of hydrogen-bond acceptors (Lipinski definition) is 7. The number of ether oxygens (including phenoxy) is 2. The van der Waals surface area contributed by atoms with Crippen molar-refractivity contribution < 1.29 is 29.9 Å². The zero-order valence-electron chi connectivity index (χ0n) is 8.81. The molecule has 4 N–H and O–H groups in total. The first-order chi connectivity index (χ1) is 7.51. The lowest BCUT2D eigenvalue weighted by Gasteiger charge is -2.39. The summed E-state index contributed by atoms with van der Waals surface area (Å²) >= 11 is 4.81. The Morgan fingerprint density at radius 3 is 2.38 bits per heavy atom. The molecule has 7 heteroatoms. The average molecular weight is 252 g/mol. The van der Waals surface area contributed by atoms with Gasteiger partial charge >= 0.3 is 0 Å². The third-order valence-electron chi connectivity index (χ3n) is 2.38. The van der Waals surface area contributed by atoms with Gasteiger partial charge in [0.15, 0.2) is 5.05 Å². The molecule has 0 unspecified atom stereocenters. The van der Waals surface area contributed by atoms with Gasteiger partial charge in [-0.05, 0) is 12.2 Å². The van der Waals surface area contributed by atoms with Gasteiger partial charge in [-0.25, -0.2) is 0 Å². The topological polar surface area (TPSA) is 99.4 Å². The summed E-state index contributed by atoms with van der Waals surface area (Å²) in [4.78, 5) is 0. The predicted octanol–water partition coefficient (Wildman–Crippen LogP) is -1.46. The molecule has 1 aliphatic rings. The first-order valence-electron chi connectivity index (χ1n) is 5.01. The summed E-state index contributed by atoms with van der Waals surface area (Å²) in [5.41, 5.74) is 0. The predicted molar refractivity (Wildman–Crippen MR) is 57.7 cm³/mol. The third-order valence-corrected chi connectivity index (χ3v) is 2.77. The molecule has 5 atom stereocenters. The largest absolute Gasteiger partial charge is 0.455 e. The third kappa shape index (κ3) is 2.88. The zero-order valence-corrected chi connectivity index (χ0v) is 9.63. The molecule has 1 rings (SSSR count). The average Bonchev–Trinajstić information content (AvgIpc) is 2.29. The monoisotopic (exact) mass is 252 g/mol. The molecule has 0 bridgehead atoms. The summed E-state index contributed by atoms with van der Waals surface area (Å²) in [6.07, 6.45) is -5.89. The molecule has 0 saturated carbocycles. The van der Waals surface area contributed by atoms with Crippen molar-refractivity contribution in [3.8, 4) is 0 Å². The van der Waals surface area contributed by atoms with Crippen LogP contribution >= 0.6 is 12.2 Å². The van der Waals surface area contributed by atoms with E-state index < -0.39 is 37.3 Å². The SMILES string of the molecule is CCC(=S)O[C@@H]1O[C@H](CO)[C@@H](O)[C@H](O)[C@H]1O. The van der Waals surface area contributed by atoms with Gasteiger partial charge in [-0.15, -0.1) is 0 Å². The smallest absolute Gasteiger partial charge is 0.229 e. The maximum absolute atomic E-state index is 9.56. The van der Waals surface area contributed by atoms with E-state index >= 15 is 0 Å². The van der Waals surface area contributed by atoms with Gasteiger partial charge in [-0.3, -0.25) is 0 Å². The first-order valence-corrected chi connectivity index (χ1v) is 5.42. The van der Waals surface area contributed by atoms with Crippen molar-refractivity contribution in [2.75, 3.05) is 6.61 Å². The number of hydrogen-bond donors (Lipinski definition) is 4. The second kappa shape index (κ2) is 5.85. The van der Waals surface area contributed by atoms with Crippen molar-refractivity contribution in [1.29, 1.82) is 0 Å². The Labute approximate surface area is 98.4 Å². The summed E-state index contributed by atoms with van der Waals surface area (Å²) in [5, 5.41) is 37.6. The van der Waals surface area contributed by atoms with Gasteiger partial charge in [0.25, 0.3) is 0 Å². The molecule has 1 heterocycles. The Morgan fingerprint density at radius 2 is 1.88 bits per heavy atom. The maximum Gasteiger partial charge on any atom is 0.229 e. The summed E-state index contributed by atoms with van der Waals surface area (Å²) < 4.78 is 10.2. The summed E-state index contributed by atoms with van der Waals surface area (Å²) in [5.74, 6) is 0. The van der Waals surface area contributed by atoms with E-state index in [4.69, 9.17) is 26.8 Å². The molecule has 1 saturated heterocycles. The fraction of sp³-hybridized carbons (Fsp3) is 0.889. The number of thiocarbonyl (C=S) groups is 1. The van der Waals surface area contributed by atoms with E-state index in [2.05, 4.69) is 0 Å². The highest BCUT2D eigenvalue weighted by molar-refractivity contribution is 7.80. The summed E-state index contributed by atoms with van der Waals surface area (Å²) in [6, 6.07) is 0. The standard InChI is InChI=1S/C9H16O6S/c1-2-5(16)15-9-8(13)7(12)6(11)4(3-10)14-9/h4,6-13H,2-3H2,1H3/t4-,6-,7+,8-,9+/m1/s1. The highest BCUT2D eigenvalue weighted by Gasteiger charge is 2.44. The molecule has 0 aromatic rings. The second-order valence-electron chi connectivity index (χ2n) is 3.54. The minimum absolute atomic E-state index is 0.226. The lowest BCUT2D eigenvalue weighted by molar-refractivity contribution is -0.281.